The molecule has 1 fully saturated rings. The first-order valence-electron chi connectivity index (χ1n) is 7.28. The van der Waals surface area contributed by atoms with Crippen LogP contribution in [0.5, 0.6) is 0 Å². The van der Waals surface area contributed by atoms with Gasteiger partial charge in [0, 0.05) is 6.10 Å². The molecule has 1 saturated heterocycles. The van der Waals surface area contributed by atoms with Crippen LogP contribution >= 0.6 is 0 Å². The van der Waals surface area contributed by atoms with Crippen LogP contribution < -0.4 is 0 Å². The molecule has 0 aromatic carbocycles. The van der Waals surface area contributed by atoms with Crippen molar-refractivity contribution < 1.29 is 18.7 Å². The summed E-state index contributed by atoms with van der Waals surface area (Å²) in [6, 6.07) is 0. The second-order valence-corrected chi connectivity index (χ2v) is 11.8. The van der Waals surface area contributed by atoms with E-state index in [2.05, 4.69) is 39.2 Å². The van der Waals surface area contributed by atoms with Crippen molar-refractivity contribution in [3.63, 3.8) is 0 Å². The molecule has 1 aliphatic heterocycles. The van der Waals surface area contributed by atoms with E-state index in [4.69, 9.17) is 13.9 Å². The van der Waals surface area contributed by atoms with Crippen LogP contribution in [0.15, 0.2) is 0 Å². The van der Waals surface area contributed by atoms with Gasteiger partial charge in [-0.05, 0) is 30.1 Å². The first-order valence-corrected chi connectivity index (χ1v) is 10.2. The molecule has 1 heterocycles. The Kier molecular flexibility index (Phi) is 7.46. The first-order chi connectivity index (χ1) is 9.43. The maximum Gasteiger partial charge on any atom is 0.290 e. The number of rotatable bonds is 3. The molecule has 122 valence electrons. The Balaban J connectivity index is 0.00000122. The molecule has 0 aromatic heterocycles. The van der Waals surface area contributed by atoms with E-state index in [1.54, 1.807) is 0 Å². The number of hydrogen-bond donors (Lipinski definition) is 0. The molecule has 1 aliphatic rings. The molecule has 0 spiro atoms. The van der Waals surface area contributed by atoms with E-state index in [9.17, 15) is 4.79 Å². The number of esters is 1. The van der Waals surface area contributed by atoms with Crippen LogP contribution in [0, 0.1) is 0 Å². The quantitative estimate of drug-likeness (QED) is 0.593. The van der Waals surface area contributed by atoms with E-state index >= 15 is 0 Å². The molecule has 5 nitrogen and oxygen atoms in total. The summed E-state index contributed by atoms with van der Waals surface area (Å²) < 4.78 is 19.9. The molecular formula is C14H29BNO4Si-. The zero-order valence-electron chi connectivity index (χ0n) is 14.6. The van der Waals surface area contributed by atoms with Crippen LogP contribution in [0.4, 0.5) is 0 Å². The number of carbonyl (C=O) groups is 1. The number of carbonyl (C=O) groups excluding carboxylic acids is 1. The molecule has 0 aliphatic carbocycles. The van der Waals surface area contributed by atoms with E-state index in [0.717, 1.165) is 7.15 Å². The number of ether oxygens (including phenoxy) is 1. The van der Waals surface area contributed by atoms with Crippen molar-refractivity contribution in [3.05, 3.63) is 5.32 Å². The fourth-order valence-electron chi connectivity index (χ4n) is 1.92. The maximum atomic E-state index is 11.7. The van der Waals surface area contributed by atoms with Gasteiger partial charge in [-0.25, -0.2) is 0 Å². The van der Waals surface area contributed by atoms with Crippen molar-refractivity contribution in [3.8, 4) is 0 Å². The second-order valence-electron chi connectivity index (χ2n) is 7.05. The molecule has 0 radical (unpaired) electrons. The van der Waals surface area contributed by atoms with Crippen LogP contribution in [0.2, 0.25) is 25.0 Å². The van der Waals surface area contributed by atoms with Gasteiger partial charge in [0.15, 0.2) is 8.32 Å². The Morgan fingerprint density at radius 1 is 1.38 bits per heavy atom. The van der Waals surface area contributed by atoms with E-state index < -0.39 is 13.9 Å². The third-order valence-electron chi connectivity index (χ3n) is 4.16. The number of methoxy groups -OCH3 is 1. The van der Waals surface area contributed by atoms with Gasteiger partial charge in [0.2, 0.25) is 0 Å². The molecule has 21 heavy (non-hydrogen) atoms. The molecule has 1 unspecified atom stereocenters. The number of nitrogens with zero attached hydrogens (tertiary/aromatic N) is 1. The molecule has 7 heteroatoms. The Hall–Kier alpha value is -0.528. The van der Waals surface area contributed by atoms with Gasteiger partial charge in [-0.1, -0.05) is 27.7 Å². The monoisotopic (exact) mass is 314 g/mol. The second kappa shape index (κ2) is 7.65. The SMILES string of the molecule is CB=O.COC(=O)C1(C)C[C@H](O[Si](C)(C)C(C)(C)C)C[N-]1. The van der Waals surface area contributed by atoms with Gasteiger partial charge >= 0.3 is 18.7 Å². The largest absolute Gasteiger partial charge is 0.646 e. The summed E-state index contributed by atoms with van der Waals surface area (Å²) in [5.74, 6) is -0.260. The van der Waals surface area contributed by atoms with Crippen molar-refractivity contribution >= 4 is 21.4 Å². The van der Waals surface area contributed by atoms with Crippen molar-refractivity contribution in [1.29, 1.82) is 0 Å². The summed E-state index contributed by atoms with van der Waals surface area (Å²) in [5.41, 5.74) is -0.720. The van der Waals surface area contributed by atoms with Crippen molar-refractivity contribution in [2.75, 3.05) is 13.7 Å². The fraction of sp³-hybridized carbons (Fsp3) is 0.929. The summed E-state index contributed by atoms with van der Waals surface area (Å²) in [7, 11) is 0.368. The average molecular weight is 314 g/mol. The maximum absolute atomic E-state index is 11.7. The third kappa shape index (κ3) is 5.64. The molecule has 1 rings (SSSR count). The predicted molar refractivity (Wildman–Crippen MR) is 87.6 cm³/mol. The van der Waals surface area contributed by atoms with Crippen LogP contribution in [-0.4, -0.2) is 46.7 Å². The summed E-state index contributed by atoms with van der Waals surface area (Å²) >= 11 is 0. The van der Waals surface area contributed by atoms with Crippen LogP contribution in [0.1, 0.15) is 34.1 Å². The van der Waals surface area contributed by atoms with Crippen molar-refractivity contribution in [1.82, 2.24) is 0 Å². The molecule has 0 amide bonds. The molecular weight excluding hydrogens is 285 g/mol. The van der Waals surface area contributed by atoms with E-state index in [0.29, 0.717) is 13.0 Å². The Morgan fingerprint density at radius 3 is 2.24 bits per heavy atom. The van der Waals surface area contributed by atoms with Crippen LogP contribution in [-0.2, 0) is 18.7 Å². The van der Waals surface area contributed by atoms with E-state index in [1.165, 1.54) is 13.9 Å². The molecule has 0 bridgehead atoms. The van der Waals surface area contributed by atoms with E-state index in [-0.39, 0.29) is 17.1 Å². The topological polar surface area (TPSA) is 66.7 Å². The number of hydrogen-bond acceptors (Lipinski definition) is 4. The van der Waals surface area contributed by atoms with Gasteiger partial charge in [-0.15, -0.1) is 6.54 Å². The zero-order chi connectivity index (χ0) is 16.9. The zero-order valence-corrected chi connectivity index (χ0v) is 15.6. The normalized spacial score (nSPS) is 25.6. The smallest absolute Gasteiger partial charge is 0.290 e. The van der Waals surface area contributed by atoms with E-state index in [1.807, 2.05) is 6.92 Å². The predicted octanol–water partition coefficient (Wildman–Crippen LogP) is 3.17. The molecule has 0 saturated carbocycles. The van der Waals surface area contributed by atoms with Crippen molar-refractivity contribution in [2.24, 2.45) is 0 Å². The van der Waals surface area contributed by atoms with Crippen LogP contribution in [0.3, 0.4) is 0 Å². The Bertz CT molecular complexity index is 370. The van der Waals surface area contributed by atoms with Crippen LogP contribution in [0.25, 0.3) is 5.32 Å². The summed E-state index contributed by atoms with van der Waals surface area (Å²) in [6.07, 6.45) is 0.682. The third-order valence-corrected chi connectivity index (χ3v) is 8.70. The Morgan fingerprint density at radius 2 is 1.86 bits per heavy atom. The van der Waals surface area contributed by atoms with Gasteiger partial charge in [-0.3, -0.25) is 4.79 Å². The molecule has 2 atom stereocenters. The summed E-state index contributed by atoms with van der Waals surface area (Å²) in [4.78, 5) is 11.7. The summed E-state index contributed by atoms with van der Waals surface area (Å²) in [6.45, 7) is 15.0. The minimum Gasteiger partial charge on any atom is -0.646 e. The standard InChI is InChI=1S/C13H26NO3Si.CH3BO/c1-12(2,3)18(6,7)17-10-8-13(4,14-9-10)11(15)16-5;1-2-3/h10H,8-9H2,1-7H3;1H3/q-1;/t10-,13?;/m0./s1. The van der Waals surface area contributed by atoms with Gasteiger partial charge in [-0.2, -0.15) is 0 Å². The van der Waals surface area contributed by atoms with Gasteiger partial charge in [0.05, 0.1) is 7.11 Å². The van der Waals surface area contributed by atoms with Gasteiger partial charge < -0.3 is 14.5 Å². The first kappa shape index (κ1) is 20.5. The minimum atomic E-state index is -1.79. The summed E-state index contributed by atoms with van der Waals surface area (Å²) in [5, 5.41) is 4.59. The molecule has 0 N–H and O–H groups in total. The van der Waals surface area contributed by atoms with Gasteiger partial charge in [0.1, 0.15) is 0 Å². The fourth-order valence-corrected chi connectivity index (χ4v) is 3.26. The minimum absolute atomic E-state index is 0.0509. The van der Waals surface area contributed by atoms with Crippen molar-refractivity contribution in [2.45, 2.75) is 70.7 Å². The molecule has 0 aromatic rings. The van der Waals surface area contributed by atoms with Gasteiger partial charge in [0.25, 0.3) is 5.97 Å². The Labute approximate surface area is 130 Å². The average Bonchev–Trinajstić information content (AvgIpc) is 2.70.